The van der Waals surface area contributed by atoms with E-state index >= 15 is 0 Å². The van der Waals surface area contributed by atoms with Crippen LogP contribution < -0.4 is 4.90 Å². The van der Waals surface area contributed by atoms with Crippen LogP contribution in [0.5, 0.6) is 0 Å². The van der Waals surface area contributed by atoms with Crippen molar-refractivity contribution >= 4 is 71.6 Å². The number of para-hydroxylation sites is 3. The molecule has 0 fully saturated rings. The summed E-state index contributed by atoms with van der Waals surface area (Å²) in [6, 6.07) is 104. The Kier molecular flexibility index (Phi) is 10.4. The van der Waals surface area contributed by atoms with E-state index in [2.05, 4.69) is 325 Å². The fraction of sp³-hybridized carbons (Fsp3) is 0.0750. The Labute approximate surface area is 489 Å². The average Bonchev–Trinajstić information content (AvgIpc) is 1.95. The molecule has 0 atom stereocenters. The minimum Gasteiger partial charge on any atom is -0.310 e. The second-order valence-corrected chi connectivity index (χ2v) is 24.1. The monoisotopic (exact) mass is 1070 g/mol. The first kappa shape index (κ1) is 48.3. The van der Waals surface area contributed by atoms with Gasteiger partial charge in [0.25, 0.3) is 0 Å². The number of hydrogen-bond donors (Lipinski definition) is 0. The number of nitrogens with zero attached hydrogens (tertiary/aromatic N) is 4. The van der Waals surface area contributed by atoms with E-state index in [-0.39, 0.29) is 10.8 Å². The lowest BCUT2D eigenvalue weighted by Crippen LogP contribution is -2.16. The molecule has 3 heterocycles. The summed E-state index contributed by atoms with van der Waals surface area (Å²) < 4.78 is 7.53. The molecule has 0 radical (unpaired) electrons. The zero-order valence-corrected chi connectivity index (χ0v) is 47.3. The molecule has 3 aromatic heterocycles. The molecule has 0 amide bonds. The summed E-state index contributed by atoms with van der Waals surface area (Å²) in [4.78, 5) is 2.44. The highest BCUT2D eigenvalue weighted by Crippen LogP contribution is 2.56. The topological polar surface area (TPSA) is 18.0 Å². The molecule has 12 aromatic carbocycles. The molecule has 0 unspecified atom stereocenters. The molecule has 4 heteroatoms. The summed E-state index contributed by atoms with van der Waals surface area (Å²) in [6.07, 6.45) is 0. The number of rotatable bonds is 8. The maximum Gasteiger partial charge on any atom is 0.0788 e. The Morgan fingerprint density at radius 1 is 0.274 bits per heavy atom. The van der Waals surface area contributed by atoms with Crippen molar-refractivity contribution in [1.29, 1.82) is 0 Å². The summed E-state index contributed by atoms with van der Waals surface area (Å²) in [5.41, 5.74) is 27.7. The maximum atomic E-state index is 2.58. The summed E-state index contributed by atoms with van der Waals surface area (Å²) >= 11 is 0. The third-order valence-corrected chi connectivity index (χ3v) is 18.8. The lowest BCUT2D eigenvalue weighted by Gasteiger charge is -2.28. The van der Waals surface area contributed by atoms with Crippen molar-refractivity contribution in [3.8, 4) is 61.7 Å². The van der Waals surface area contributed by atoms with Crippen LogP contribution in [0.25, 0.3) is 116 Å². The molecule has 0 N–H and O–H groups in total. The van der Waals surface area contributed by atoms with Gasteiger partial charge in [-0.05, 0) is 159 Å². The zero-order valence-electron chi connectivity index (χ0n) is 47.3. The molecule has 0 aliphatic heterocycles. The van der Waals surface area contributed by atoms with Crippen LogP contribution in [-0.4, -0.2) is 13.7 Å². The standard InChI is InChI=1S/C80H58N4/c1-79(2)69-29-17-14-26-61(69)62-43-42-60(50-71(62)79)81(57-36-32-52(33-37-57)51-20-8-5-9-21-51)58-38-40-59(41-39-58)83-74-47-35-54(53-34-46-73-67(48-53)63-27-16-19-31-72(63)82(73)55-22-10-6-11-23-55)49-68(74)64-44-45-66-75-76(65-28-15-18-30-70(65)80(75,3)4)84(78(66)77(64)83)56-24-12-7-13-25-56/h5-50H,1-4H3. The van der Waals surface area contributed by atoms with Gasteiger partial charge in [0.1, 0.15) is 0 Å². The van der Waals surface area contributed by atoms with E-state index in [1.807, 2.05) is 0 Å². The van der Waals surface area contributed by atoms with E-state index in [1.165, 1.54) is 116 Å². The van der Waals surface area contributed by atoms with Crippen LogP contribution in [0.15, 0.2) is 279 Å². The number of hydrogen-bond acceptors (Lipinski definition) is 1. The van der Waals surface area contributed by atoms with Gasteiger partial charge >= 0.3 is 0 Å². The molecule has 17 rings (SSSR count). The third kappa shape index (κ3) is 6.95. The smallest absolute Gasteiger partial charge is 0.0788 e. The molecular formula is C80H58N4. The summed E-state index contributed by atoms with van der Waals surface area (Å²) in [5, 5.41) is 6.18. The Hall–Kier alpha value is -10.4. The largest absolute Gasteiger partial charge is 0.310 e. The quantitative estimate of drug-likeness (QED) is 0.148. The van der Waals surface area contributed by atoms with Gasteiger partial charge in [-0.15, -0.1) is 0 Å². The predicted octanol–water partition coefficient (Wildman–Crippen LogP) is 21.2. The highest BCUT2D eigenvalue weighted by atomic mass is 15.1. The first-order valence-corrected chi connectivity index (χ1v) is 29.4. The highest BCUT2D eigenvalue weighted by molar-refractivity contribution is 6.21. The molecule has 0 spiro atoms. The van der Waals surface area contributed by atoms with Crippen molar-refractivity contribution < 1.29 is 0 Å². The van der Waals surface area contributed by atoms with Gasteiger partial charge in [0.2, 0.25) is 0 Å². The summed E-state index contributed by atoms with van der Waals surface area (Å²) in [7, 11) is 0. The van der Waals surface area contributed by atoms with Crippen LogP contribution in [0.2, 0.25) is 0 Å². The van der Waals surface area contributed by atoms with Gasteiger partial charge in [-0.1, -0.05) is 204 Å². The molecule has 15 aromatic rings. The predicted molar refractivity (Wildman–Crippen MR) is 353 cm³/mol. The van der Waals surface area contributed by atoms with Crippen molar-refractivity contribution in [3.05, 3.63) is 301 Å². The van der Waals surface area contributed by atoms with Crippen LogP contribution in [0.3, 0.4) is 0 Å². The van der Waals surface area contributed by atoms with Gasteiger partial charge in [-0.2, -0.15) is 0 Å². The Morgan fingerprint density at radius 3 is 1.43 bits per heavy atom. The molecule has 2 aliphatic carbocycles. The Morgan fingerprint density at radius 2 is 0.738 bits per heavy atom. The van der Waals surface area contributed by atoms with Crippen LogP contribution in [-0.2, 0) is 10.8 Å². The van der Waals surface area contributed by atoms with Gasteiger partial charge in [0, 0.05) is 77.4 Å². The Balaban J connectivity index is 0.891. The van der Waals surface area contributed by atoms with Gasteiger partial charge in [0.05, 0.1) is 33.3 Å². The molecular weight excluding hydrogens is 1020 g/mol. The van der Waals surface area contributed by atoms with E-state index in [0.29, 0.717) is 0 Å². The van der Waals surface area contributed by atoms with Crippen molar-refractivity contribution in [2.24, 2.45) is 0 Å². The molecule has 0 bridgehead atoms. The number of fused-ring (bicyclic) bond motifs is 15. The van der Waals surface area contributed by atoms with Gasteiger partial charge in [-0.25, -0.2) is 0 Å². The average molecular weight is 1080 g/mol. The second-order valence-electron chi connectivity index (χ2n) is 24.1. The minimum absolute atomic E-state index is 0.152. The summed E-state index contributed by atoms with van der Waals surface area (Å²) in [5.74, 6) is 0. The summed E-state index contributed by atoms with van der Waals surface area (Å²) in [6.45, 7) is 9.56. The van der Waals surface area contributed by atoms with Crippen molar-refractivity contribution in [2.45, 2.75) is 38.5 Å². The van der Waals surface area contributed by atoms with Gasteiger partial charge < -0.3 is 18.6 Å². The number of aromatic nitrogens is 3. The first-order chi connectivity index (χ1) is 41.2. The van der Waals surface area contributed by atoms with Crippen LogP contribution in [0.1, 0.15) is 49.9 Å². The van der Waals surface area contributed by atoms with Crippen LogP contribution in [0.4, 0.5) is 17.1 Å². The van der Waals surface area contributed by atoms with E-state index in [9.17, 15) is 0 Å². The molecule has 0 saturated heterocycles. The number of anilines is 3. The third-order valence-electron chi connectivity index (χ3n) is 18.8. The zero-order chi connectivity index (χ0) is 56.0. The van der Waals surface area contributed by atoms with E-state index in [0.717, 1.165) is 39.6 Å². The lowest BCUT2D eigenvalue weighted by atomic mass is 9.81. The minimum atomic E-state index is -0.232. The molecule has 2 aliphatic rings. The van der Waals surface area contributed by atoms with Crippen molar-refractivity contribution in [1.82, 2.24) is 13.7 Å². The van der Waals surface area contributed by atoms with Crippen LogP contribution >= 0.6 is 0 Å². The normalized spacial score (nSPS) is 13.7. The highest BCUT2D eigenvalue weighted by Gasteiger charge is 2.42. The van der Waals surface area contributed by atoms with Gasteiger partial charge in [-0.3, -0.25) is 0 Å². The van der Waals surface area contributed by atoms with Crippen molar-refractivity contribution in [3.63, 3.8) is 0 Å². The van der Waals surface area contributed by atoms with E-state index < -0.39 is 0 Å². The van der Waals surface area contributed by atoms with Crippen molar-refractivity contribution in [2.75, 3.05) is 4.90 Å². The maximum absolute atomic E-state index is 2.58. The lowest BCUT2D eigenvalue weighted by molar-refractivity contribution is 0.660. The van der Waals surface area contributed by atoms with Crippen LogP contribution in [0, 0.1) is 0 Å². The fourth-order valence-corrected chi connectivity index (χ4v) is 14.9. The fourth-order valence-electron chi connectivity index (χ4n) is 14.9. The molecule has 84 heavy (non-hydrogen) atoms. The second kappa shape index (κ2) is 18.0. The molecule has 398 valence electrons. The number of benzene rings is 12. The van der Waals surface area contributed by atoms with E-state index in [1.54, 1.807) is 0 Å². The molecule has 0 saturated carbocycles. The first-order valence-electron chi connectivity index (χ1n) is 29.4. The van der Waals surface area contributed by atoms with E-state index in [4.69, 9.17) is 0 Å². The Bertz CT molecular complexity index is 5150. The van der Waals surface area contributed by atoms with Gasteiger partial charge in [0.15, 0.2) is 0 Å². The molecule has 4 nitrogen and oxygen atoms in total. The SMILES string of the molecule is CC1(C)c2ccccc2-c2ccc(N(c3ccc(-c4ccccc4)cc3)c3ccc(-n4c5ccc(-c6ccc7c(c6)c6ccccc6n7-c6ccccc6)cc5c5ccc6c7c(n(-c8ccccc8)c6c54)-c4ccccc4C7(C)C)cc3)cc21.